The SMILES string of the molecule is O=C(O)c1cccnc1Nc1ccc(CC(Nc2nc3ccc(Cl)cc3cc2C(=O)O)C(=O)O)cc1. The summed E-state index contributed by atoms with van der Waals surface area (Å²) in [6, 6.07) is 14.6. The molecule has 5 N–H and O–H groups in total. The molecule has 4 aromatic rings. The molecular formula is C25H19ClN4O6. The van der Waals surface area contributed by atoms with Gasteiger partial charge < -0.3 is 26.0 Å². The van der Waals surface area contributed by atoms with E-state index in [-0.39, 0.29) is 29.2 Å². The van der Waals surface area contributed by atoms with Gasteiger partial charge in [0.25, 0.3) is 0 Å². The molecule has 0 amide bonds. The molecule has 1 unspecified atom stereocenters. The first-order valence-electron chi connectivity index (χ1n) is 10.6. The number of aromatic nitrogens is 2. The van der Waals surface area contributed by atoms with Gasteiger partial charge in [-0.15, -0.1) is 0 Å². The number of aromatic carboxylic acids is 2. The maximum atomic E-state index is 12.0. The molecule has 0 radical (unpaired) electrons. The zero-order valence-corrected chi connectivity index (χ0v) is 19.2. The third-order valence-corrected chi connectivity index (χ3v) is 5.55. The number of fused-ring (bicyclic) bond motifs is 1. The van der Waals surface area contributed by atoms with Crippen LogP contribution < -0.4 is 10.6 Å². The van der Waals surface area contributed by atoms with Gasteiger partial charge in [-0.2, -0.15) is 0 Å². The van der Waals surface area contributed by atoms with Crippen molar-refractivity contribution in [2.45, 2.75) is 12.5 Å². The number of carboxylic acid groups (broad SMARTS) is 3. The summed E-state index contributed by atoms with van der Waals surface area (Å²) in [5.41, 5.74) is 1.49. The molecule has 0 aliphatic carbocycles. The quantitative estimate of drug-likeness (QED) is 0.218. The lowest BCUT2D eigenvalue weighted by atomic mass is 10.0. The van der Waals surface area contributed by atoms with Crippen LogP contribution in [0.2, 0.25) is 5.02 Å². The lowest BCUT2D eigenvalue weighted by molar-refractivity contribution is -0.137. The van der Waals surface area contributed by atoms with E-state index in [1.54, 1.807) is 42.5 Å². The summed E-state index contributed by atoms with van der Waals surface area (Å²) in [5.74, 6) is -3.47. The Morgan fingerprint density at radius 3 is 2.28 bits per heavy atom. The van der Waals surface area contributed by atoms with Gasteiger partial charge >= 0.3 is 17.9 Å². The Hall–Kier alpha value is -4.70. The van der Waals surface area contributed by atoms with Crippen LogP contribution in [0.15, 0.2) is 66.9 Å². The first kappa shape index (κ1) is 24.4. The van der Waals surface area contributed by atoms with Crippen LogP contribution in [0.3, 0.4) is 0 Å². The highest BCUT2D eigenvalue weighted by atomic mass is 35.5. The highest BCUT2D eigenvalue weighted by Crippen LogP contribution is 2.25. The second kappa shape index (κ2) is 10.3. The van der Waals surface area contributed by atoms with E-state index in [0.717, 1.165) is 0 Å². The van der Waals surface area contributed by atoms with Gasteiger partial charge in [0.15, 0.2) is 0 Å². The zero-order valence-electron chi connectivity index (χ0n) is 18.5. The van der Waals surface area contributed by atoms with E-state index >= 15 is 0 Å². The molecule has 0 aliphatic heterocycles. The van der Waals surface area contributed by atoms with Crippen molar-refractivity contribution in [2.75, 3.05) is 10.6 Å². The van der Waals surface area contributed by atoms with Gasteiger partial charge in [-0.3, -0.25) is 0 Å². The summed E-state index contributed by atoms with van der Waals surface area (Å²) in [5, 5.41) is 35.3. The van der Waals surface area contributed by atoms with Crippen LogP contribution in [-0.2, 0) is 11.2 Å². The van der Waals surface area contributed by atoms with E-state index in [9.17, 15) is 29.7 Å². The molecule has 0 saturated heterocycles. The van der Waals surface area contributed by atoms with Crippen molar-refractivity contribution < 1.29 is 29.7 Å². The molecule has 10 nitrogen and oxygen atoms in total. The van der Waals surface area contributed by atoms with E-state index in [2.05, 4.69) is 20.6 Å². The van der Waals surface area contributed by atoms with Crippen LogP contribution in [0, 0.1) is 0 Å². The Morgan fingerprint density at radius 2 is 1.61 bits per heavy atom. The molecule has 182 valence electrons. The van der Waals surface area contributed by atoms with Crippen molar-refractivity contribution in [2.24, 2.45) is 0 Å². The zero-order chi connectivity index (χ0) is 25.8. The van der Waals surface area contributed by atoms with E-state index in [1.165, 1.54) is 24.4 Å². The molecule has 36 heavy (non-hydrogen) atoms. The number of nitrogens with zero attached hydrogens (tertiary/aromatic N) is 2. The van der Waals surface area contributed by atoms with Crippen LogP contribution in [-0.4, -0.2) is 49.2 Å². The summed E-state index contributed by atoms with van der Waals surface area (Å²) >= 11 is 5.98. The van der Waals surface area contributed by atoms with Crippen molar-refractivity contribution >= 4 is 57.7 Å². The molecule has 2 heterocycles. The highest BCUT2D eigenvalue weighted by molar-refractivity contribution is 6.31. The fourth-order valence-corrected chi connectivity index (χ4v) is 3.74. The lowest BCUT2D eigenvalue weighted by Gasteiger charge is -2.17. The number of rotatable bonds is 9. The first-order chi connectivity index (χ1) is 17.2. The van der Waals surface area contributed by atoms with Gasteiger partial charge in [-0.05, 0) is 54.1 Å². The molecule has 0 fully saturated rings. The summed E-state index contributed by atoms with van der Waals surface area (Å²) in [6.45, 7) is 0. The predicted molar refractivity (Wildman–Crippen MR) is 133 cm³/mol. The van der Waals surface area contributed by atoms with Crippen molar-refractivity contribution in [1.82, 2.24) is 9.97 Å². The molecule has 1 atom stereocenters. The van der Waals surface area contributed by atoms with Crippen LogP contribution in [0.1, 0.15) is 26.3 Å². The Bertz CT molecular complexity index is 1480. The normalized spacial score (nSPS) is 11.6. The van der Waals surface area contributed by atoms with Gasteiger partial charge in [0.2, 0.25) is 0 Å². The van der Waals surface area contributed by atoms with Crippen molar-refractivity contribution in [3.05, 3.63) is 88.6 Å². The summed E-state index contributed by atoms with van der Waals surface area (Å²) in [6.07, 6.45) is 1.49. The van der Waals surface area contributed by atoms with E-state index in [0.29, 0.717) is 27.2 Å². The third kappa shape index (κ3) is 5.50. The second-order valence-corrected chi connectivity index (χ2v) is 8.23. The van der Waals surface area contributed by atoms with Gasteiger partial charge in [-0.25, -0.2) is 24.4 Å². The fraction of sp³-hybridized carbons (Fsp3) is 0.0800. The molecule has 11 heteroatoms. The van der Waals surface area contributed by atoms with Crippen LogP contribution in [0.25, 0.3) is 10.9 Å². The number of aliphatic carboxylic acids is 1. The van der Waals surface area contributed by atoms with E-state index in [4.69, 9.17) is 11.6 Å². The van der Waals surface area contributed by atoms with Gasteiger partial charge in [0, 0.05) is 28.7 Å². The van der Waals surface area contributed by atoms with Gasteiger partial charge in [-0.1, -0.05) is 23.7 Å². The smallest absolute Gasteiger partial charge is 0.339 e. The Morgan fingerprint density at radius 1 is 0.889 bits per heavy atom. The number of carbonyl (C=O) groups is 3. The number of halogens is 1. The number of nitrogens with one attached hydrogen (secondary N) is 2. The number of hydrogen-bond acceptors (Lipinski definition) is 7. The van der Waals surface area contributed by atoms with E-state index < -0.39 is 23.9 Å². The minimum atomic E-state index is -1.26. The largest absolute Gasteiger partial charge is 0.480 e. The van der Waals surface area contributed by atoms with Crippen LogP contribution >= 0.6 is 11.6 Å². The topological polar surface area (TPSA) is 162 Å². The number of carboxylic acids is 3. The summed E-state index contributed by atoms with van der Waals surface area (Å²) in [7, 11) is 0. The standard InChI is InChI=1S/C25H19ClN4O6/c26-15-5-8-19-14(11-15)12-18(24(33)34)22(29-19)30-20(25(35)36)10-13-3-6-16(7-4-13)28-21-17(23(31)32)2-1-9-27-21/h1-9,11-12,20H,10H2,(H,27,28)(H,29,30)(H,31,32)(H,33,34)(H,35,36). The van der Waals surface area contributed by atoms with Gasteiger partial charge in [0.05, 0.1) is 5.52 Å². The molecule has 2 aromatic heterocycles. The maximum Gasteiger partial charge on any atom is 0.339 e. The molecule has 0 bridgehead atoms. The van der Waals surface area contributed by atoms with Gasteiger partial charge in [0.1, 0.15) is 28.8 Å². The minimum absolute atomic E-state index is 0.0103. The van der Waals surface area contributed by atoms with Crippen molar-refractivity contribution in [3.63, 3.8) is 0 Å². The van der Waals surface area contributed by atoms with Crippen molar-refractivity contribution in [1.29, 1.82) is 0 Å². The summed E-state index contributed by atoms with van der Waals surface area (Å²) < 4.78 is 0. The summed E-state index contributed by atoms with van der Waals surface area (Å²) in [4.78, 5) is 43.5. The van der Waals surface area contributed by atoms with Crippen molar-refractivity contribution in [3.8, 4) is 0 Å². The number of pyridine rings is 2. The second-order valence-electron chi connectivity index (χ2n) is 7.79. The Balaban J connectivity index is 1.55. The fourth-order valence-electron chi connectivity index (χ4n) is 3.56. The lowest BCUT2D eigenvalue weighted by Crippen LogP contribution is -2.32. The Kier molecular flexibility index (Phi) is 6.98. The molecule has 0 aliphatic rings. The predicted octanol–water partition coefficient (Wildman–Crippen LogP) is 4.53. The molecule has 4 rings (SSSR count). The molecular weight excluding hydrogens is 488 g/mol. The number of anilines is 3. The van der Waals surface area contributed by atoms with E-state index in [1.807, 2.05) is 0 Å². The average Bonchev–Trinajstić information content (AvgIpc) is 2.84. The van der Waals surface area contributed by atoms with Crippen LogP contribution in [0.5, 0.6) is 0 Å². The van der Waals surface area contributed by atoms with Crippen LogP contribution in [0.4, 0.5) is 17.3 Å². The first-order valence-corrected chi connectivity index (χ1v) is 11.0. The minimum Gasteiger partial charge on any atom is -0.480 e. The number of hydrogen-bond donors (Lipinski definition) is 5. The molecule has 0 saturated carbocycles. The molecule has 0 spiro atoms. The Labute approximate surface area is 209 Å². The highest BCUT2D eigenvalue weighted by Gasteiger charge is 2.22. The molecule has 2 aromatic carbocycles. The average molecular weight is 507 g/mol. The number of benzene rings is 2. The monoisotopic (exact) mass is 506 g/mol. The maximum absolute atomic E-state index is 12.0. The third-order valence-electron chi connectivity index (χ3n) is 5.31.